The average molecular weight is 339 g/mol. The van der Waals surface area contributed by atoms with Gasteiger partial charge in [-0.3, -0.25) is 4.90 Å². The second-order valence-electron chi connectivity index (χ2n) is 9.39. The van der Waals surface area contributed by atoms with Gasteiger partial charge in [0.2, 0.25) is 0 Å². The van der Waals surface area contributed by atoms with Crippen LogP contribution in [0.5, 0.6) is 0 Å². The maximum absolute atomic E-state index is 3.85. The van der Waals surface area contributed by atoms with Crippen LogP contribution in [-0.4, -0.2) is 29.1 Å². The molecule has 0 aromatic heterocycles. The number of piperidine rings is 2. The number of fused-ring (bicyclic) bond motifs is 4. The molecule has 5 rings (SSSR count). The van der Waals surface area contributed by atoms with Gasteiger partial charge in [0, 0.05) is 29.9 Å². The van der Waals surface area contributed by atoms with Gasteiger partial charge < -0.3 is 5.32 Å². The topological polar surface area (TPSA) is 15.3 Å². The first-order valence-corrected chi connectivity index (χ1v) is 10.9. The van der Waals surface area contributed by atoms with Crippen molar-refractivity contribution in [3.05, 3.63) is 30.3 Å². The number of hydrogen-bond donors (Lipinski definition) is 1. The van der Waals surface area contributed by atoms with Crippen LogP contribution in [0.4, 0.5) is 5.69 Å². The smallest absolute Gasteiger partial charge is 0.0342 e. The van der Waals surface area contributed by atoms with Gasteiger partial charge in [0.1, 0.15) is 0 Å². The first-order chi connectivity index (χ1) is 12.3. The van der Waals surface area contributed by atoms with Gasteiger partial charge in [-0.15, -0.1) is 0 Å². The maximum Gasteiger partial charge on any atom is 0.0342 e. The molecule has 6 atom stereocenters. The van der Waals surface area contributed by atoms with Crippen molar-refractivity contribution in [2.24, 2.45) is 11.8 Å². The number of para-hydroxylation sites is 1. The molecule has 0 spiro atoms. The van der Waals surface area contributed by atoms with Crippen LogP contribution in [0, 0.1) is 11.8 Å². The summed E-state index contributed by atoms with van der Waals surface area (Å²) in [5, 5.41) is 3.85. The number of anilines is 1. The van der Waals surface area contributed by atoms with Crippen molar-refractivity contribution >= 4 is 5.69 Å². The molecule has 2 aliphatic heterocycles. The predicted molar refractivity (Wildman–Crippen MR) is 105 cm³/mol. The van der Waals surface area contributed by atoms with Crippen LogP contribution >= 0.6 is 0 Å². The lowest BCUT2D eigenvalue weighted by Crippen LogP contribution is -2.60. The zero-order valence-corrected chi connectivity index (χ0v) is 15.6. The molecule has 2 aliphatic carbocycles. The molecular weight excluding hydrogens is 304 g/mol. The normalized spacial score (nSPS) is 41.3. The standard InChI is InChI=1S/C23H34N2/c1-2-8-19(9-3-1)24-20-15-21-10-5-11-22(16-20)25(21)23-13-17-6-4-7-18(12-17)14-23/h1-3,8-9,17-18,20-24H,4-7,10-16H2/t17-,18+,20?,21-,22+,23?. The van der Waals surface area contributed by atoms with E-state index < -0.39 is 0 Å². The molecule has 2 unspecified atom stereocenters. The predicted octanol–water partition coefficient (Wildman–Crippen LogP) is 5.45. The third-order valence-electron chi connectivity index (χ3n) is 7.70. The molecule has 0 amide bonds. The Kier molecular flexibility index (Phi) is 4.49. The lowest BCUT2D eigenvalue weighted by molar-refractivity contribution is -0.0382. The van der Waals surface area contributed by atoms with E-state index in [-0.39, 0.29) is 0 Å². The highest BCUT2D eigenvalue weighted by molar-refractivity contribution is 5.43. The van der Waals surface area contributed by atoms with Crippen molar-refractivity contribution < 1.29 is 0 Å². The van der Waals surface area contributed by atoms with Crippen molar-refractivity contribution in [2.75, 3.05) is 5.32 Å². The fourth-order valence-electron chi connectivity index (χ4n) is 6.84. The van der Waals surface area contributed by atoms with Crippen molar-refractivity contribution in [1.29, 1.82) is 0 Å². The molecule has 136 valence electrons. The maximum atomic E-state index is 3.85. The molecule has 4 fully saturated rings. The van der Waals surface area contributed by atoms with Gasteiger partial charge in [-0.1, -0.05) is 43.9 Å². The van der Waals surface area contributed by atoms with E-state index in [4.69, 9.17) is 0 Å². The number of nitrogens with one attached hydrogen (secondary N) is 1. The Morgan fingerprint density at radius 3 is 2.00 bits per heavy atom. The van der Waals surface area contributed by atoms with Gasteiger partial charge in [-0.2, -0.15) is 0 Å². The summed E-state index contributed by atoms with van der Waals surface area (Å²) in [5.74, 6) is 2.11. The number of hydrogen-bond acceptors (Lipinski definition) is 2. The molecular formula is C23H34N2. The second-order valence-corrected chi connectivity index (χ2v) is 9.39. The molecule has 25 heavy (non-hydrogen) atoms. The average Bonchev–Trinajstić information content (AvgIpc) is 2.61. The van der Waals surface area contributed by atoms with E-state index in [9.17, 15) is 0 Å². The number of benzene rings is 1. The molecule has 4 bridgehead atoms. The zero-order valence-electron chi connectivity index (χ0n) is 15.6. The third kappa shape index (κ3) is 3.35. The summed E-state index contributed by atoms with van der Waals surface area (Å²) in [6.45, 7) is 0. The minimum Gasteiger partial charge on any atom is -0.382 e. The highest BCUT2D eigenvalue weighted by Gasteiger charge is 2.44. The van der Waals surface area contributed by atoms with Crippen LogP contribution in [0.3, 0.4) is 0 Å². The SMILES string of the molecule is c1ccc(NC2C[C@H]3CCC[C@@H](C2)N3C2C[C@H]3CCC[C@@H](C2)C3)cc1. The molecule has 1 aromatic rings. The van der Waals surface area contributed by atoms with Gasteiger partial charge in [-0.05, 0) is 68.9 Å². The van der Waals surface area contributed by atoms with E-state index in [2.05, 4.69) is 40.5 Å². The Labute approximate surface area is 153 Å². The van der Waals surface area contributed by atoms with E-state index in [1.807, 2.05) is 0 Å². The quantitative estimate of drug-likeness (QED) is 0.788. The van der Waals surface area contributed by atoms with Crippen LogP contribution in [0.15, 0.2) is 30.3 Å². The molecule has 4 aliphatic rings. The summed E-state index contributed by atoms with van der Waals surface area (Å²) in [4.78, 5) is 3.05. The Morgan fingerprint density at radius 1 is 0.680 bits per heavy atom. The summed E-state index contributed by atoms with van der Waals surface area (Å²) < 4.78 is 0. The molecule has 1 aromatic carbocycles. The molecule has 0 radical (unpaired) electrons. The Bertz CT molecular complexity index is 545. The molecule has 2 saturated carbocycles. The molecule has 2 saturated heterocycles. The Hall–Kier alpha value is -1.02. The van der Waals surface area contributed by atoms with Gasteiger partial charge in [0.05, 0.1) is 0 Å². The molecule has 2 heterocycles. The highest BCUT2D eigenvalue weighted by atomic mass is 15.2. The minimum absolute atomic E-state index is 0.678. The van der Waals surface area contributed by atoms with Crippen LogP contribution < -0.4 is 5.32 Å². The minimum atomic E-state index is 0.678. The summed E-state index contributed by atoms with van der Waals surface area (Å²) in [7, 11) is 0. The third-order valence-corrected chi connectivity index (χ3v) is 7.70. The van der Waals surface area contributed by atoms with E-state index in [0.717, 1.165) is 30.0 Å². The Balaban J connectivity index is 1.28. The van der Waals surface area contributed by atoms with Crippen LogP contribution in [0.1, 0.15) is 70.6 Å². The fourth-order valence-corrected chi connectivity index (χ4v) is 6.84. The molecule has 2 nitrogen and oxygen atoms in total. The van der Waals surface area contributed by atoms with Gasteiger partial charge >= 0.3 is 0 Å². The second kappa shape index (κ2) is 6.95. The van der Waals surface area contributed by atoms with Gasteiger partial charge in [0.25, 0.3) is 0 Å². The van der Waals surface area contributed by atoms with E-state index in [1.165, 1.54) is 69.9 Å². The Morgan fingerprint density at radius 2 is 1.32 bits per heavy atom. The first-order valence-electron chi connectivity index (χ1n) is 10.9. The zero-order chi connectivity index (χ0) is 16.6. The van der Waals surface area contributed by atoms with Crippen LogP contribution in [0.25, 0.3) is 0 Å². The van der Waals surface area contributed by atoms with Crippen molar-refractivity contribution in [3.63, 3.8) is 0 Å². The lowest BCUT2D eigenvalue weighted by Gasteiger charge is -2.55. The van der Waals surface area contributed by atoms with Crippen LogP contribution in [0.2, 0.25) is 0 Å². The van der Waals surface area contributed by atoms with E-state index >= 15 is 0 Å². The van der Waals surface area contributed by atoms with Crippen molar-refractivity contribution in [3.8, 4) is 0 Å². The molecule has 2 heteroatoms. The van der Waals surface area contributed by atoms with Crippen molar-refractivity contribution in [1.82, 2.24) is 4.90 Å². The summed E-state index contributed by atoms with van der Waals surface area (Å²) in [6, 6.07) is 14.2. The molecule has 1 N–H and O–H groups in total. The summed E-state index contributed by atoms with van der Waals surface area (Å²) >= 11 is 0. The van der Waals surface area contributed by atoms with Crippen molar-refractivity contribution in [2.45, 2.75) is 94.8 Å². The van der Waals surface area contributed by atoms with E-state index in [0.29, 0.717) is 6.04 Å². The van der Waals surface area contributed by atoms with Gasteiger partial charge in [0.15, 0.2) is 0 Å². The number of rotatable bonds is 3. The lowest BCUT2D eigenvalue weighted by atomic mass is 9.68. The van der Waals surface area contributed by atoms with Crippen LogP contribution in [-0.2, 0) is 0 Å². The summed E-state index contributed by atoms with van der Waals surface area (Å²) in [6.07, 6.45) is 16.2. The number of nitrogens with zero attached hydrogens (tertiary/aromatic N) is 1. The monoisotopic (exact) mass is 338 g/mol. The van der Waals surface area contributed by atoms with E-state index in [1.54, 1.807) is 6.42 Å². The van der Waals surface area contributed by atoms with Gasteiger partial charge in [-0.25, -0.2) is 0 Å². The summed E-state index contributed by atoms with van der Waals surface area (Å²) in [5.41, 5.74) is 1.31. The largest absolute Gasteiger partial charge is 0.382 e. The fraction of sp³-hybridized carbons (Fsp3) is 0.739. The highest BCUT2D eigenvalue weighted by Crippen LogP contribution is 2.46. The first kappa shape index (κ1) is 16.2.